The van der Waals surface area contributed by atoms with Crippen molar-refractivity contribution in [3.63, 3.8) is 0 Å². The molecule has 1 aliphatic rings. The van der Waals surface area contributed by atoms with E-state index in [2.05, 4.69) is 10.6 Å². The molecule has 0 spiro atoms. The molecule has 2 N–H and O–H groups in total. The summed E-state index contributed by atoms with van der Waals surface area (Å²) in [6.07, 6.45) is 0.373. The molecule has 1 saturated heterocycles. The summed E-state index contributed by atoms with van der Waals surface area (Å²) < 4.78 is 5.01. The lowest BCUT2D eigenvalue weighted by molar-refractivity contribution is -0.143. The molecule has 1 fully saturated rings. The minimum Gasteiger partial charge on any atom is -0.459 e. The van der Waals surface area contributed by atoms with Crippen LogP contribution in [-0.4, -0.2) is 31.1 Å². The third kappa shape index (κ3) is 3.21. The molecule has 0 aromatic heterocycles. The van der Waals surface area contributed by atoms with Crippen molar-refractivity contribution in [2.24, 2.45) is 0 Å². The van der Waals surface area contributed by atoms with Crippen molar-refractivity contribution >= 4 is 11.9 Å². The lowest BCUT2D eigenvalue weighted by Gasteiger charge is -2.18. The first kappa shape index (κ1) is 13.0. The number of hydrogen-bond acceptors (Lipinski definition) is 5. The van der Waals surface area contributed by atoms with E-state index < -0.39 is 11.9 Å². The zero-order valence-corrected chi connectivity index (χ0v) is 9.87. The van der Waals surface area contributed by atoms with Crippen molar-refractivity contribution in [1.29, 1.82) is 5.26 Å². The Labute approximate surface area is 99.6 Å². The standard InChI is InChI=1S/C11H15N3O3/c1-3-7(2)17-11(16)8(6-12)9-10(15)14-5-4-13-9/h7,13H,3-5H2,1-2H3,(H,14,15)/b9-8-. The van der Waals surface area contributed by atoms with Crippen molar-refractivity contribution < 1.29 is 14.3 Å². The lowest BCUT2D eigenvalue weighted by atomic mass is 10.2. The number of esters is 1. The van der Waals surface area contributed by atoms with Crippen molar-refractivity contribution in [1.82, 2.24) is 10.6 Å². The molecule has 1 amide bonds. The molecular weight excluding hydrogens is 222 g/mol. The first-order valence-corrected chi connectivity index (χ1v) is 5.47. The molecule has 1 atom stereocenters. The highest BCUT2D eigenvalue weighted by atomic mass is 16.5. The molecule has 1 rings (SSSR count). The van der Waals surface area contributed by atoms with Crippen LogP contribution in [0.1, 0.15) is 20.3 Å². The van der Waals surface area contributed by atoms with Gasteiger partial charge in [0, 0.05) is 13.1 Å². The van der Waals surface area contributed by atoms with Crippen molar-refractivity contribution in [2.45, 2.75) is 26.4 Å². The molecule has 0 aromatic carbocycles. The Balaban J connectivity index is 2.90. The highest BCUT2D eigenvalue weighted by Crippen LogP contribution is 2.08. The summed E-state index contributed by atoms with van der Waals surface area (Å²) in [5.74, 6) is -1.21. The summed E-state index contributed by atoms with van der Waals surface area (Å²) in [5, 5.41) is 14.2. The topological polar surface area (TPSA) is 91.2 Å². The van der Waals surface area contributed by atoms with Crippen LogP contribution in [-0.2, 0) is 14.3 Å². The second kappa shape index (κ2) is 5.89. The second-order valence-electron chi connectivity index (χ2n) is 3.67. The molecule has 1 unspecified atom stereocenters. The fraction of sp³-hybridized carbons (Fsp3) is 0.545. The second-order valence-corrected chi connectivity index (χ2v) is 3.67. The van der Waals surface area contributed by atoms with Gasteiger partial charge in [0.25, 0.3) is 5.91 Å². The van der Waals surface area contributed by atoms with Crippen LogP contribution in [0.25, 0.3) is 0 Å². The highest BCUT2D eigenvalue weighted by Gasteiger charge is 2.25. The number of carbonyl (C=O) groups excluding carboxylic acids is 2. The van der Waals surface area contributed by atoms with Crippen LogP contribution in [0, 0.1) is 11.3 Å². The fourth-order valence-corrected chi connectivity index (χ4v) is 1.26. The van der Waals surface area contributed by atoms with Crippen LogP contribution in [0.4, 0.5) is 0 Å². The Morgan fingerprint density at radius 3 is 2.71 bits per heavy atom. The van der Waals surface area contributed by atoms with Crippen LogP contribution in [0.3, 0.4) is 0 Å². The first-order chi connectivity index (χ1) is 8.10. The first-order valence-electron chi connectivity index (χ1n) is 5.47. The molecule has 0 bridgehead atoms. The van der Waals surface area contributed by atoms with E-state index in [1.54, 1.807) is 13.0 Å². The zero-order valence-electron chi connectivity index (χ0n) is 9.87. The van der Waals surface area contributed by atoms with Crippen LogP contribution in [0.5, 0.6) is 0 Å². The Hall–Kier alpha value is -2.03. The normalized spacial score (nSPS) is 19.5. The molecule has 0 saturated carbocycles. The van der Waals surface area contributed by atoms with Gasteiger partial charge in [-0.25, -0.2) is 4.79 Å². The summed E-state index contributed by atoms with van der Waals surface area (Å²) >= 11 is 0. The van der Waals surface area contributed by atoms with Crippen molar-refractivity contribution in [3.05, 3.63) is 11.3 Å². The average molecular weight is 237 g/mol. The molecular formula is C11H15N3O3. The Morgan fingerprint density at radius 2 is 2.18 bits per heavy atom. The number of ether oxygens (including phenoxy) is 1. The summed E-state index contributed by atoms with van der Waals surface area (Å²) in [6.45, 7) is 4.55. The lowest BCUT2D eigenvalue weighted by Crippen LogP contribution is -2.44. The summed E-state index contributed by atoms with van der Waals surface area (Å²) in [4.78, 5) is 23.1. The summed E-state index contributed by atoms with van der Waals surface area (Å²) in [5.41, 5.74) is -0.283. The molecule has 0 aliphatic carbocycles. The number of amides is 1. The van der Waals surface area contributed by atoms with Gasteiger partial charge in [-0.3, -0.25) is 4.79 Å². The van der Waals surface area contributed by atoms with Crippen LogP contribution in [0.2, 0.25) is 0 Å². The van der Waals surface area contributed by atoms with E-state index in [9.17, 15) is 9.59 Å². The Kier molecular flexibility index (Phi) is 4.52. The van der Waals surface area contributed by atoms with Gasteiger partial charge in [-0.1, -0.05) is 6.92 Å². The maximum atomic E-state index is 11.7. The van der Waals surface area contributed by atoms with Gasteiger partial charge in [0.1, 0.15) is 11.8 Å². The molecule has 0 radical (unpaired) electrons. The van der Waals surface area contributed by atoms with E-state index in [4.69, 9.17) is 10.00 Å². The maximum absolute atomic E-state index is 11.7. The van der Waals surface area contributed by atoms with Gasteiger partial charge in [0.15, 0.2) is 5.57 Å². The van der Waals surface area contributed by atoms with E-state index in [-0.39, 0.29) is 17.4 Å². The van der Waals surface area contributed by atoms with E-state index in [0.29, 0.717) is 19.5 Å². The minimum absolute atomic E-state index is 0.00736. The number of nitriles is 1. The van der Waals surface area contributed by atoms with Crippen molar-refractivity contribution in [2.75, 3.05) is 13.1 Å². The third-order valence-electron chi connectivity index (χ3n) is 2.39. The fourth-order valence-electron chi connectivity index (χ4n) is 1.26. The molecule has 6 heteroatoms. The number of piperazine rings is 1. The van der Waals surface area contributed by atoms with E-state index in [1.807, 2.05) is 6.92 Å². The molecule has 0 aromatic rings. The van der Waals surface area contributed by atoms with Gasteiger partial charge in [0.2, 0.25) is 0 Å². The van der Waals surface area contributed by atoms with E-state index >= 15 is 0 Å². The molecule has 1 heterocycles. The van der Waals surface area contributed by atoms with Crippen LogP contribution in [0.15, 0.2) is 11.3 Å². The molecule has 6 nitrogen and oxygen atoms in total. The quantitative estimate of drug-likeness (QED) is 0.404. The highest BCUT2D eigenvalue weighted by molar-refractivity contribution is 6.05. The maximum Gasteiger partial charge on any atom is 0.351 e. The Morgan fingerprint density at radius 1 is 1.53 bits per heavy atom. The van der Waals surface area contributed by atoms with Gasteiger partial charge in [0.05, 0.1) is 6.10 Å². The van der Waals surface area contributed by atoms with Gasteiger partial charge in [-0.15, -0.1) is 0 Å². The minimum atomic E-state index is -0.763. The number of nitrogens with one attached hydrogen (secondary N) is 2. The van der Waals surface area contributed by atoms with Gasteiger partial charge in [-0.2, -0.15) is 5.26 Å². The predicted octanol–water partition coefficient (Wildman–Crippen LogP) is -0.175. The number of nitrogens with zero attached hydrogens (tertiary/aromatic N) is 1. The van der Waals surface area contributed by atoms with Crippen molar-refractivity contribution in [3.8, 4) is 6.07 Å². The SMILES string of the molecule is CCC(C)OC(=O)/C(C#N)=C1\NCCNC1=O. The van der Waals surface area contributed by atoms with E-state index in [0.717, 1.165) is 0 Å². The molecule has 92 valence electrons. The smallest absolute Gasteiger partial charge is 0.351 e. The molecule has 1 aliphatic heterocycles. The summed E-state index contributed by atoms with van der Waals surface area (Å²) in [7, 11) is 0. The third-order valence-corrected chi connectivity index (χ3v) is 2.39. The van der Waals surface area contributed by atoms with E-state index in [1.165, 1.54) is 0 Å². The predicted molar refractivity (Wildman–Crippen MR) is 59.5 cm³/mol. The Bertz CT molecular complexity index is 395. The van der Waals surface area contributed by atoms with Crippen LogP contribution < -0.4 is 10.6 Å². The van der Waals surface area contributed by atoms with Crippen LogP contribution >= 0.6 is 0 Å². The number of hydrogen-bond donors (Lipinski definition) is 2. The molecule has 17 heavy (non-hydrogen) atoms. The van der Waals surface area contributed by atoms with Gasteiger partial charge in [-0.05, 0) is 13.3 Å². The summed E-state index contributed by atoms with van der Waals surface area (Å²) in [6, 6.07) is 1.71. The van der Waals surface area contributed by atoms with Gasteiger partial charge < -0.3 is 15.4 Å². The number of rotatable bonds is 3. The largest absolute Gasteiger partial charge is 0.459 e. The van der Waals surface area contributed by atoms with Gasteiger partial charge >= 0.3 is 5.97 Å². The average Bonchev–Trinajstić information content (AvgIpc) is 2.32. The number of carbonyl (C=O) groups is 2. The monoisotopic (exact) mass is 237 g/mol. The zero-order chi connectivity index (χ0) is 12.8.